The van der Waals surface area contributed by atoms with Crippen LogP contribution in [0.25, 0.3) is 4.85 Å². The Morgan fingerprint density at radius 3 is 3.00 bits per heavy atom. The summed E-state index contributed by atoms with van der Waals surface area (Å²) in [5.41, 5.74) is 0. The van der Waals surface area contributed by atoms with Gasteiger partial charge in [-0.1, -0.05) is 0 Å². The van der Waals surface area contributed by atoms with E-state index in [1.165, 1.54) is 7.11 Å². The Morgan fingerprint density at radius 1 is 1.80 bits per heavy atom. The Bertz CT molecular complexity index is 142. The summed E-state index contributed by atoms with van der Waals surface area (Å²) in [5, 5.41) is 0. The van der Waals surface area contributed by atoms with E-state index >= 15 is 0 Å². The van der Waals surface area contributed by atoms with Gasteiger partial charge in [0.1, 0.15) is 6.23 Å². The lowest BCUT2D eigenvalue weighted by Gasteiger charge is -1.95. The minimum atomic E-state index is -0.487. The van der Waals surface area contributed by atoms with Crippen LogP contribution in [0.5, 0.6) is 0 Å². The van der Waals surface area contributed by atoms with Crippen molar-refractivity contribution >= 4 is 15.7 Å². The van der Waals surface area contributed by atoms with Crippen LogP contribution in [0.2, 0.25) is 0 Å². The first-order chi connectivity index (χ1) is 4.81. The lowest BCUT2D eigenvalue weighted by molar-refractivity contribution is -0.139. The summed E-state index contributed by atoms with van der Waals surface area (Å²) in [6.45, 7) is 6.11. The first-order valence-corrected chi connectivity index (χ1v) is 3.67. The van der Waals surface area contributed by atoms with Gasteiger partial charge in [0.25, 0.3) is 9.76 Å². The zero-order valence-electron chi connectivity index (χ0n) is 5.59. The molecule has 0 heterocycles. The highest BCUT2D eigenvalue weighted by molar-refractivity contribution is 6.27. The van der Waals surface area contributed by atoms with Gasteiger partial charge >= 0.3 is 12.5 Å². The molecule has 0 rings (SSSR count). The van der Waals surface area contributed by atoms with Gasteiger partial charge in [-0.25, -0.2) is 11.4 Å². The first kappa shape index (κ1) is 9.14. The van der Waals surface area contributed by atoms with Crippen molar-refractivity contribution in [3.8, 4) is 0 Å². The van der Waals surface area contributed by atoms with E-state index in [1.54, 1.807) is 0 Å². The van der Waals surface area contributed by atoms with Gasteiger partial charge in [-0.15, -0.1) is 0 Å². The Labute approximate surface area is 61.9 Å². The minimum absolute atomic E-state index is 0.166. The molecule has 0 N–H and O–H groups in total. The van der Waals surface area contributed by atoms with E-state index in [1.807, 2.05) is 0 Å². The maximum absolute atomic E-state index is 10.4. The number of hydrogen-bond donors (Lipinski definition) is 0. The minimum Gasteiger partial charge on any atom is -0.461 e. The molecule has 0 aromatic rings. The van der Waals surface area contributed by atoms with Gasteiger partial charge in [0.05, 0.1) is 0 Å². The highest BCUT2D eigenvalue weighted by Gasteiger charge is 2.03. The average molecular weight is 157 g/mol. The Hall–Kier alpha value is -0.863. The average Bonchev–Trinajstić information content (AvgIpc) is 1.89. The number of carbonyl (C=O) groups is 1. The maximum atomic E-state index is 10.4. The van der Waals surface area contributed by atoms with Crippen LogP contribution in [0.3, 0.4) is 0 Å². The van der Waals surface area contributed by atoms with Crippen molar-refractivity contribution in [2.45, 2.75) is 0 Å². The van der Waals surface area contributed by atoms with Crippen LogP contribution >= 0.6 is 0 Å². The number of carbonyl (C=O) groups excluding carboxylic acids is 1. The fourth-order valence-corrected chi connectivity index (χ4v) is 0.617. The number of hydrogen-bond acceptors (Lipinski definition) is 3. The van der Waals surface area contributed by atoms with Gasteiger partial charge in [-0.05, 0) is 0 Å². The largest absolute Gasteiger partial charge is 0.461 e. The Balaban J connectivity index is 3.15. The van der Waals surface area contributed by atoms with Crippen LogP contribution in [0.4, 0.5) is 0 Å². The highest BCUT2D eigenvalue weighted by Crippen LogP contribution is 1.78. The van der Waals surface area contributed by atoms with E-state index in [9.17, 15) is 4.79 Å². The number of nitrogens with zero attached hydrogens (tertiary/aromatic N) is 1. The van der Waals surface area contributed by atoms with E-state index in [-0.39, 0.29) is 22.5 Å². The zero-order chi connectivity index (χ0) is 7.82. The molecule has 0 fully saturated rings. The summed E-state index contributed by atoms with van der Waals surface area (Å²) in [6, 6.07) is 0. The Morgan fingerprint density at radius 2 is 2.50 bits per heavy atom. The molecule has 5 heteroatoms. The summed E-state index contributed by atoms with van der Waals surface area (Å²) < 4.78 is 9.20. The molecule has 0 saturated heterocycles. The number of rotatable bonds is 4. The third-order valence-corrected chi connectivity index (χ3v) is 1.20. The fourth-order valence-electron chi connectivity index (χ4n) is 0.279. The highest BCUT2D eigenvalue weighted by atomic mass is 28.2. The van der Waals surface area contributed by atoms with Gasteiger partial charge < -0.3 is 14.0 Å². The van der Waals surface area contributed by atoms with Crippen LogP contribution in [0.15, 0.2) is 0 Å². The van der Waals surface area contributed by atoms with E-state index in [0.29, 0.717) is 0 Å². The summed E-state index contributed by atoms with van der Waals surface area (Å²) >= 11 is 0. The summed E-state index contributed by atoms with van der Waals surface area (Å²) in [7, 11) is 1.70. The van der Waals surface area contributed by atoms with Gasteiger partial charge in [0.15, 0.2) is 0 Å². The molecule has 0 spiro atoms. The molecular formula is C5H7NO3Si. The van der Waals surface area contributed by atoms with Crippen molar-refractivity contribution in [2.24, 2.45) is 0 Å². The van der Waals surface area contributed by atoms with Gasteiger partial charge in [0.2, 0.25) is 0 Å². The molecule has 0 unspecified atom stereocenters. The van der Waals surface area contributed by atoms with Crippen LogP contribution < -0.4 is 0 Å². The summed E-state index contributed by atoms with van der Waals surface area (Å²) in [6.07, 6.45) is 0.255. The van der Waals surface area contributed by atoms with Gasteiger partial charge in [-0.2, -0.15) is 0 Å². The summed E-state index contributed by atoms with van der Waals surface area (Å²) in [4.78, 5) is 13.3. The molecule has 0 amide bonds. The molecule has 0 aliphatic carbocycles. The second-order valence-corrected chi connectivity index (χ2v) is 2.31. The zero-order valence-corrected chi connectivity index (χ0v) is 6.59. The van der Waals surface area contributed by atoms with Crippen molar-refractivity contribution in [3.63, 3.8) is 0 Å². The first-order valence-electron chi connectivity index (χ1n) is 2.56. The topological polar surface area (TPSA) is 39.9 Å². The van der Waals surface area contributed by atoms with Crippen LogP contribution in [-0.4, -0.2) is 35.6 Å². The molecule has 0 aliphatic heterocycles. The molecule has 10 heavy (non-hydrogen) atoms. The van der Waals surface area contributed by atoms with E-state index in [0.717, 1.165) is 0 Å². The maximum Gasteiger partial charge on any atom is 0.386 e. The molecule has 0 atom stereocenters. The van der Waals surface area contributed by atoms with Crippen molar-refractivity contribution in [3.05, 3.63) is 11.4 Å². The van der Waals surface area contributed by atoms with Crippen LogP contribution in [0, 0.1) is 6.57 Å². The molecule has 0 aromatic heterocycles. The normalized spacial score (nSPS) is 8.40. The SMILES string of the molecule is [C-]#[N+]CC(=O)OC[Si]OC. The quantitative estimate of drug-likeness (QED) is 0.243. The van der Waals surface area contributed by atoms with Crippen LogP contribution in [-0.2, 0) is 14.0 Å². The van der Waals surface area contributed by atoms with Crippen molar-refractivity contribution in [1.29, 1.82) is 0 Å². The number of ether oxygens (including phenoxy) is 1. The molecular weight excluding hydrogens is 150 g/mol. The molecule has 0 aliphatic rings. The smallest absolute Gasteiger partial charge is 0.386 e. The van der Waals surface area contributed by atoms with E-state index in [4.69, 9.17) is 6.57 Å². The number of esters is 1. The lowest BCUT2D eigenvalue weighted by Crippen LogP contribution is -2.13. The van der Waals surface area contributed by atoms with Crippen molar-refractivity contribution in [2.75, 3.05) is 19.9 Å². The third kappa shape index (κ3) is 5.28. The summed E-state index contributed by atoms with van der Waals surface area (Å²) in [5.74, 6) is -0.487. The Kier molecular flexibility index (Phi) is 5.72. The molecule has 0 saturated carbocycles. The third-order valence-electron chi connectivity index (χ3n) is 0.645. The second kappa shape index (κ2) is 6.26. The second-order valence-electron chi connectivity index (χ2n) is 1.33. The standard InChI is InChI=1S/C5H7NO3Si/c1-6-3-5(7)9-4-10-8-2/h3-4H2,2H3. The van der Waals surface area contributed by atoms with Crippen molar-refractivity contribution < 1.29 is 14.0 Å². The molecule has 0 aromatic carbocycles. The predicted octanol–water partition coefficient (Wildman–Crippen LogP) is -0.328. The van der Waals surface area contributed by atoms with Gasteiger partial charge in [0, 0.05) is 7.11 Å². The lowest BCUT2D eigenvalue weighted by atomic mass is 10.7. The van der Waals surface area contributed by atoms with Crippen molar-refractivity contribution in [1.82, 2.24) is 0 Å². The predicted molar refractivity (Wildman–Crippen MR) is 35.2 cm³/mol. The van der Waals surface area contributed by atoms with E-state index in [2.05, 4.69) is 14.0 Å². The van der Waals surface area contributed by atoms with Gasteiger partial charge in [-0.3, -0.25) is 0 Å². The van der Waals surface area contributed by atoms with Crippen LogP contribution in [0.1, 0.15) is 0 Å². The molecule has 54 valence electrons. The monoisotopic (exact) mass is 157 g/mol. The molecule has 0 bridgehead atoms. The molecule has 4 nitrogen and oxygen atoms in total. The van der Waals surface area contributed by atoms with E-state index < -0.39 is 5.97 Å². The molecule has 2 radical (unpaired) electrons. The fraction of sp³-hybridized carbons (Fsp3) is 0.600.